The van der Waals surface area contributed by atoms with Crippen LogP contribution in [-0.4, -0.2) is 25.5 Å². The third-order valence-electron chi connectivity index (χ3n) is 2.25. The van der Waals surface area contributed by atoms with E-state index in [0.717, 1.165) is 12.1 Å². The van der Waals surface area contributed by atoms with Crippen LogP contribution in [-0.2, 0) is 9.53 Å². The lowest BCUT2D eigenvalue weighted by molar-refractivity contribution is -0.137. The largest absolute Gasteiger partial charge is 0.496 e. The summed E-state index contributed by atoms with van der Waals surface area (Å²) in [4.78, 5) is 23.0. The van der Waals surface area contributed by atoms with Crippen molar-refractivity contribution in [3.8, 4) is 5.75 Å². The second-order valence-electron chi connectivity index (χ2n) is 3.33. The van der Waals surface area contributed by atoms with Crippen LogP contribution >= 0.6 is 0 Å². The number of hydrogen-bond acceptors (Lipinski definition) is 4. The molecule has 0 spiro atoms. The standard InChI is InChI=1S/C12H13FO4/c1-4-17-12(15)11(14)9-5-8(13)6-10(16-3)7(9)2/h5-6H,4H2,1-3H3. The molecule has 0 aliphatic carbocycles. The predicted octanol–water partition coefficient (Wildman–Crippen LogP) is 1.89. The van der Waals surface area contributed by atoms with E-state index in [0.29, 0.717) is 5.56 Å². The smallest absolute Gasteiger partial charge is 0.379 e. The average molecular weight is 240 g/mol. The number of esters is 1. The first-order chi connectivity index (χ1) is 8.01. The fourth-order valence-electron chi connectivity index (χ4n) is 1.41. The molecule has 0 aromatic heterocycles. The normalized spacial score (nSPS) is 9.88. The van der Waals surface area contributed by atoms with Crippen LogP contribution in [0.5, 0.6) is 5.75 Å². The molecule has 0 bridgehead atoms. The molecule has 0 radical (unpaired) electrons. The molecular weight excluding hydrogens is 227 g/mol. The van der Waals surface area contributed by atoms with Crippen LogP contribution in [0.1, 0.15) is 22.8 Å². The van der Waals surface area contributed by atoms with E-state index >= 15 is 0 Å². The molecule has 4 nitrogen and oxygen atoms in total. The summed E-state index contributed by atoms with van der Waals surface area (Å²) < 4.78 is 22.7. The van der Waals surface area contributed by atoms with E-state index in [-0.39, 0.29) is 17.9 Å². The van der Waals surface area contributed by atoms with Crippen molar-refractivity contribution < 1.29 is 23.5 Å². The predicted molar refractivity (Wildman–Crippen MR) is 58.7 cm³/mol. The molecule has 0 saturated carbocycles. The summed E-state index contributed by atoms with van der Waals surface area (Å²) in [5.74, 6) is -2.29. The van der Waals surface area contributed by atoms with Crippen molar-refractivity contribution in [1.82, 2.24) is 0 Å². The van der Waals surface area contributed by atoms with Gasteiger partial charge in [0, 0.05) is 17.2 Å². The molecule has 0 saturated heterocycles. The Hall–Kier alpha value is -1.91. The van der Waals surface area contributed by atoms with Crippen molar-refractivity contribution in [1.29, 1.82) is 0 Å². The quantitative estimate of drug-likeness (QED) is 0.458. The second kappa shape index (κ2) is 5.43. The number of carbonyl (C=O) groups is 2. The first-order valence-electron chi connectivity index (χ1n) is 5.06. The van der Waals surface area contributed by atoms with Crippen molar-refractivity contribution in [3.05, 3.63) is 29.1 Å². The topological polar surface area (TPSA) is 52.6 Å². The Labute approximate surface area is 98.3 Å². The maximum atomic E-state index is 13.2. The van der Waals surface area contributed by atoms with Gasteiger partial charge in [0.05, 0.1) is 13.7 Å². The van der Waals surface area contributed by atoms with Crippen LogP contribution in [0.2, 0.25) is 0 Å². The lowest BCUT2D eigenvalue weighted by Gasteiger charge is -2.09. The van der Waals surface area contributed by atoms with Crippen molar-refractivity contribution in [2.45, 2.75) is 13.8 Å². The van der Waals surface area contributed by atoms with Gasteiger partial charge in [-0.2, -0.15) is 0 Å². The number of ether oxygens (including phenoxy) is 2. The van der Waals surface area contributed by atoms with E-state index in [1.54, 1.807) is 13.8 Å². The first-order valence-corrected chi connectivity index (χ1v) is 5.06. The number of Topliss-reactive ketones (excluding diaryl/α,β-unsaturated/α-hetero) is 1. The lowest BCUT2D eigenvalue weighted by Crippen LogP contribution is -2.19. The molecule has 0 heterocycles. The molecule has 0 aliphatic heterocycles. The van der Waals surface area contributed by atoms with E-state index in [4.69, 9.17) is 4.74 Å². The highest BCUT2D eigenvalue weighted by Crippen LogP contribution is 2.23. The molecule has 1 rings (SSSR count). The molecule has 92 valence electrons. The van der Waals surface area contributed by atoms with Gasteiger partial charge in [0.15, 0.2) is 0 Å². The first kappa shape index (κ1) is 13.2. The number of hydrogen-bond donors (Lipinski definition) is 0. The molecule has 0 atom stereocenters. The summed E-state index contributed by atoms with van der Waals surface area (Å²) in [5, 5.41) is 0. The molecule has 0 fully saturated rings. The van der Waals surface area contributed by atoms with Crippen LogP contribution in [0.25, 0.3) is 0 Å². The van der Waals surface area contributed by atoms with Gasteiger partial charge in [-0.15, -0.1) is 0 Å². The molecule has 0 N–H and O–H groups in total. The Morgan fingerprint density at radius 2 is 2.00 bits per heavy atom. The molecule has 0 aliphatic rings. The van der Waals surface area contributed by atoms with Crippen LogP contribution in [0.3, 0.4) is 0 Å². The molecule has 5 heteroatoms. The Morgan fingerprint density at radius 3 is 2.53 bits per heavy atom. The molecule has 1 aromatic carbocycles. The summed E-state index contributed by atoms with van der Waals surface area (Å²) in [6, 6.07) is 2.15. The average Bonchev–Trinajstić information content (AvgIpc) is 2.31. The van der Waals surface area contributed by atoms with Gasteiger partial charge in [-0.3, -0.25) is 4.79 Å². The van der Waals surface area contributed by atoms with Crippen LogP contribution < -0.4 is 4.74 Å². The van der Waals surface area contributed by atoms with Crippen molar-refractivity contribution in [3.63, 3.8) is 0 Å². The van der Waals surface area contributed by atoms with Gasteiger partial charge in [-0.1, -0.05) is 0 Å². The van der Waals surface area contributed by atoms with Gasteiger partial charge in [0.25, 0.3) is 5.78 Å². The minimum absolute atomic E-state index is 0.0414. The summed E-state index contributed by atoms with van der Waals surface area (Å²) in [5.41, 5.74) is 0.368. The van der Waals surface area contributed by atoms with Gasteiger partial charge in [-0.05, 0) is 19.9 Å². The minimum Gasteiger partial charge on any atom is -0.496 e. The molecule has 1 aromatic rings. The van der Waals surface area contributed by atoms with Crippen LogP contribution in [0.4, 0.5) is 4.39 Å². The number of ketones is 1. The zero-order valence-corrected chi connectivity index (χ0v) is 9.87. The van der Waals surface area contributed by atoms with Crippen molar-refractivity contribution >= 4 is 11.8 Å². The number of carbonyl (C=O) groups excluding carboxylic acids is 2. The molecule has 17 heavy (non-hydrogen) atoms. The van der Waals surface area contributed by atoms with Crippen LogP contribution in [0.15, 0.2) is 12.1 Å². The Kier molecular flexibility index (Phi) is 4.20. The fraction of sp³-hybridized carbons (Fsp3) is 0.333. The highest BCUT2D eigenvalue weighted by molar-refractivity contribution is 6.41. The van der Waals surface area contributed by atoms with E-state index in [9.17, 15) is 14.0 Å². The van der Waals surface area contributed by atoms with Gasteiger partial charge in [0.2, 0.25) is 0 Å². The lowest BCUT2D eigenvalue weighted by atomic mass is 10.0. The van der Waals surface area contributed by atoms with E-state index in [1.807, 2.05) is 0 Å². The fourth-order valence-corrected chi connectivity index (χ4v) is 1.41. The summed E-state index contributed by atoms with van der Waals surface area (Å²) in [6.07, 6.45) is 0. The summed E-state index contributed by atoms with van der Waals surface area (Å²) in [7, 11) is 1.36. The highest BCUT2D eigenvalue weighted by Gasteiger charge is 2.22. The monoisotopic (exact) mass is 240 g/mol. The van der Waals surface area contributed by atoms with Gasteiger partial charge in [0.1, 0.15) is 11.6 Å². The maximum Gasteiger partial charge on any atom is 0.379 e. The van der Waals surface area contributed by atoms with Gasteiger partial charge >= 0.3 is 5.97 Å². The van der Waals surface area contributed by atoms with Crippen molar-refractivity contribution in [2.75, 3.05) is 13.7 Å². The number of rotatable bonds is 4. The van der Waals surface area contributed by atoms with E-state index < -0.39 is 17.6 Å². The zero-order valence-electron chi connectivity index (χ0n) is 9.87. The third kappa shape index (κ3) is 2.81. The highest BCUT2D eigenvalue weighted by atomic mass is 19.1. The summed E-state index contributed by atoms with van der Waals surface area (Å²) in [6.45, 7) is 3.25. The Balaban J connectivity index is 3.17. The Morgan fingerprint density at radius 1 is 1.35 bits per heavy atom. The summed E-state index contributed by atoms with van der Waals surface area (Å²) >= 11 is 0. The molecular formula is C12H13FO4. The number of benzene rings is 1. The minimum atomic E-state index is -0.997. The van der Waals surface area contributed by atoms with Gasteiger partial charge < -0.3 is 9.47 Å². The molecule has 0 unspecified atom stereocenters. The van der Waals surface area contributed by atoms with E-state index in [1.165, 1.54) is 7.11 Å². The SMILES string of the molecule is CCOC(=O)C(=O)c1cc(F)cc(OC)c1C. The number of halogens is 1. The zero-order chi connectivity index (χ0) is 13.0. The van der Waals surface area contributed by atoms with Gasteiger partial charge in [-0.25, -0.2) is 9.18 Å². The van der Waals surface area contributed by atoms with E-state index in [2.05, 4.69) is 4.74 Å². The maximum absolute atomic E-state index is 13.2. The second-order valence-corrected chi connectivity index (χ2v) is 3.33. The Bertz CT molecular complexity index is 454. The van der Waals surface area contributed by atoms with Crippen LogP contribution in [0, 0.1) is 12.7 Å². The van der Waals surface area contributed by atoms with Crippen molar-refractivity contribution in [2.24, 2.45) is 0 Å². The third-order valence-corrected chi connectivity index (χ3v) is 2.25. The number of methoxy groups -OCH3 is 1. The molecule has 0 amide bonds.